The fourth-order valence-electron chi connectivity index (χ4n) is 3.10. The first-order valence-corrected chi connectivity index (χ1v) is 8.77. The Balaban J connectivity index is 2.27. The number of benzene rings is 1. The Morgan fingerprint density at radius 2 is 1.96 bits per heavy atom. The lowest BCUT2D eigenvalue weighted by Gasteiger charge is -2.44. The number of anilines is 1. The quantitative estimate of drug-likeness (QED) is 0.713. The zero-order chi connectivity index (χ0) is 16.9. The van der Waals surface area contributed by atoms with E-state index in [0.717, 1.165) is 30.0 Å². The van der Waals surface area contributed by atoms with Gasteiger partial charge in [0.2, 0.25) is 0 Å². The van der Waals surface area contributed by atoms with Crippen LogP contribution < -0.4 is 10.1 Å². The van der Waals surface area contributed by atoms with Crippen molar-refractivity contribution in [1.29, 1.82) is 0 Å². The first-order chi connectivity index (χ1) is 11.0. The van der Waals surface area contributed by atoms with Gasteiger partial charge in [-0.25, -0.2) is 0 Å². The normalized spacial score (nSPS) is 22.3. The van der Waals surface area contributed by atoms with Crippen molar-refractivity contribution in [3.8, 4) is 5.75 Å². The van der Waals surface area contributed by atoms with Crippen LogP contribution in [0.2, 0.25) is 0 Å². The van der Waals surface area contributed by atoms with Crippen molar-refractivity contribution in [3.63, 3.8) is 0 Å². The maximum absolute atomic E-state index is 6.23. The van der Waals surface area contributed by atoms with Crippen molar-refractivity contribution in [2.24, 2.45) is 0 Å². The van der Waals surface area contributed by atoms with Gasteiger partial charge in [-0.05, 0) is 45.4 Å². The van der Waals surface area contributed by atoms with E-state index in [0.29, 0.717) is 6.61 Å². The van der Waals surface area contributed by atoms with Crippen LogP contribution in [0.3, 0.4) is 0 Å². The van der Waals surface area contributed by atoms with E-state index >= 15 is 0 Å². The van der Waals surface area contributed by atoms with Crippen molar-refractivity contribution in [3.05, 3.63) is 23.8 Å². The van der Waals surface area contributed by atoms with Crippen LogP contribution in [0.15, 0.2) is 18.2 Å². The molecule has 2 atom stereocenters. The fraction of sp³-hybridized carbons (Fsp3) is 0.684. The summed E-state index contributed by atoms with van der Waals surface area (Å²) in [5, 5.41) is 3.18. The second kappa shape index (κ2) is 8.02. The Kier molecular flexibility index (Phi) is 6.31. The molecule has 0 aromatic heterocycles. The third kappa shape index (κ3) is 4.18. The molecule has 0 spiro atoms. The van der Waals surface area contributed by atoms with Crippen LogP contribution in [0.1, 0.15) is 58.6 Å². The zero-order valence-electron chi connectivity index (χ0n) is 15.1. The molecule has 130 valence electrons. The largest absolute Gasteiger partial charge is 0.485 e. The van der Waals surface area contributed by atoms with Crippen molar-refractivity contribution in [2.45, 2.75) is 64.8 Å². The number of rotatable bonds is 8. The van der Waals surface area contributed by atoms with Gasteiger partial charge in [0, 0.05) is 31.5 Å². The number of ether oxygens (including phenoxy) is 3. The van der Waals surface area contributed by atoms with Crippen LogP contribution in [0.25, 0.3) is 0 Å². The summed E-state index contributed by atoms with van der Waals surface area (Å²) in [6, 6.07) is 6.15. The number of hydrogen-bond donors (Lipinski definition) is 1. The summed E-state index contributed by atoms with van der Waals surface area (Å²) in [5.41, 5.74) is 1.71. The van der Waals surface area contributed by atoms with Crippen LogP contribution in [-0.4, -0.2) is 32.0 Å². The van der Waals surface area contributed by atoms with Gasteiger partial charge in [0.15, 0.2) is 0 Å². The second-order valence-corrected chi connectivity index (χ2v) is 6.58. The molecule has 4 heteroatoms. The molecule has 0 saturated heterocycles. The molecule has 1 aliphatic rings. The van der Waals surface area contributed by atoms with E-state index in [4.69, 9.17) is 14.2 Å². The number of unbranched alkanes of at least 4 members (excludes halogenated alkanes) is 2. The Hall–Kier alpha value is -1.26. The first-order valence-electron chi connectivity index (χ1n) is 8.77. The summed E-state index contributed by atoms with van der Waals surface area (Å²) in [6.07, 6.45) is 3.24. The lowest BCUT2D eigenvalue weighted by atomic mass is 9.87. The molecule has 0 bridgehead atoms. The fourth-order valence-corrected chi connectivity index (χ4v) is 3.10. The Morgan fingerprint density at radius 3 is 2.61 bits per heavy atom. The molecule has 1 heterocycles. The van der Waals surface area contributed by atoms with Crippen LogP contribution in [0, 0.1) is 0 Å². The molecular formula is C19H31NO3. The van der Waals surface area contributed by atoms with E-state index in [-0.39, 0.29) is 12.2 Å². The van der Waals surface area contributed by atoms with Gasteiger partial charge in [-0.1, -0.05) is 19.8 Å². The molecule has 0 fully saturated rings. The summed E-state index contributed by atoms with van der Waals surface area (Å²) >= 11 is 0. The van der Waals surface area contributed by atoms with Crippen molar-refractivity contribution >= 4 is 5.69 Å². The molecule has 1 aromatic rings. The van der Waals surface area contributed by atoms with Gasteiger partial charge in [0.25, 0.3) is 0 Å². The highest BCUT2D eigenvalue weighted by Gasteiger charge is 2.45. The third-order valence-corrected chi connectivity index (χ3v) is 4.33. The van der Waals surface area contributed by atoms with Crippen LogP contribution in [-0.2, 0) is 9.47 Å². The highest BCUT2D eigenvalue weighted by molar-refractivity contribution is 5.53. The summed E-state index contributed by atoms with van der Waals surface area (Å²) in [6.45, 7) is 9.79. The van der Waals surface area contributed by atoms with Crippen LogP contribution >= 0.6 is 0 Å². The molecule has 2 rings (SSSR count). The third-order valence-electron chi connectivity index (χ3n) is 4.33. The number of hydrogen-bond acceptors (Lipinski definition) is 4. The van der Waals surface area contributed by atoms with E-state index in [1.54, 1.807) is 0 Å². The van der Waals surface area contributed by atoms with E-state index in [1.807, 2.05) is 26.1 Å². The SMILES string of the molecule is CCCCCOC1C(OCC)c2cc(NC)ccc2OC1(C)C. The minimum Gasteiger partial charge on any atom is -0.485 e. The highest BCUT2D eigenvalue weighted by Crippen LogP contribution is 2.44. The zero-order valence-corrected chi connectivity index (χ0v) is 15.1. The molecule has 1 aromatic carbocycles. The standard InChI is InChI=1S/C19H31NO3/c1-6-8-9-12-22-18-17(21-7-2)15-13-14(20-5)10-11-16(15)23-19(18,3)4/h10-11,13,17-18,20H,6-9,12H2,1-5H3. The minimum atomic E-state index is -0.416. The smallest absolute Gasteiger partial charge is 0.132 e. The van der Waals surface area contributed by atoms with Gasteiger partial charge in [0.1, 0.15) is 23.6 Å². The Bertz CT molecular complexity index is 501. The van der Waals surface area contributed by atoms with E-state index in [1.165, 1.54) is 12.8 Å². The second-order valence-electron chi connectivity index (χ2n) is 6.58. The molecule has 1 N–H and O–H groups in total. The number of nitrogens with one attached hydrogen (secondary N) is 1. The first kappa shape index (κ1) is 18.1. The molecular weight excluding hydrogens is 290 g/mol. The molecule has 0 amide bonds. The molecule has 4 nitrogen and oxygen atoms in total. The van der Waals surface area contributed by atoms with Gasteiger partial charge in [0.05, 0.1) is 0 Å². The number of fused-ring (bicyclic) bond motifs is 1. The summed E-state index contributed by atoms with van der Waals surface area (Å²) < 4.78 is 18.5. The molecule has 2 unspecified atom stereocenters. The van der Waals surface area contributed by atoms with Crippen molar-refractivity contribution in [2.75, 3.05) is 25.6 Å². The average molecular weight is 321 g/mol. The molecule has 23 heavy (non-hydrogen) atoms. The van der Waals surface area contributed by atoms with Crippen LogP contribution in [0.4, 0.5) is 5.69 Å². The summed E-state index contributed by atoms with van der Waals surface area (Å²) in [5.74, 6) is 0.890. The summed E-state index contributed by atoms with van der Waals surface area (Å²) in [7, 11) is 1.92. The van der Waals surface area contributed by atoms with E-state index < -0.39 is 5.60 Å². The Morgan fingerprint density at radius 1 is 1.17 bits per heavy atom. The Labute approximate surface area is 140 Å². The monoisotopic (exact) mass is 321 g/mol. The minimum absolute atomic E-state index is 0.103. The lowest BCUT2D eigenvalue weighted by molar-refractivity contribution is -0.161. The van der Waals surface area contributed by atoms with E-state index in [2.05, 4.69) is 32.2 Å². The van der Waals surface area contributed by atoms with Gasteiger partial charge in [-0.3, -0.25) is 0 Å². The molecule has 0 aliphatic carbocycles. The average Bonchev–Trinajstić information content (AvgIpc) is 2.52. The molecule has 0 radical (unpaired) electrons. The predicted molar refractivity (Wildman–Crippen MR) is 94.3 cm³/mol. The van der Waals surface area contributed by atoms with E-state index in [9.17, 15) is 0 Å². The predicted octanol–water partition coefficient (Wildman–Crippen LogP) is 4.55. The van der Waals surface area contributed by atoms with Crippen molar-refractivity contribution < 1.29 is 14.2 Å². The maximum atomic E-state index is 6.23. The topological polar surface area (TPSA) is 39.7 Å². The molecule has 0 saturated carbocycles. The molecule has 1 aliphatic heterocycles. The van der Waals surface area contributed by atoms with Gasteiger partial charge in [-0.15, -0.1) is 0 Å². The van der Waals surface area contributed by atoms with Gasteiger partial charge < -0.3 is 19.5 Å². The lowest BCUT2D eigenvalue weighted by Crippen LogP contribution is -2.51. The highest BCUT2D eigenvalue weighted by atomic mass is 16.6. The van der Waals surface area contributed by atoms with Crippen LogP contribution in [0.5, 0.6) is 5.75 Å². The van der Waals surface area contributed by atoms with Gasteiger partial charge >= 0.3 is 0 Å². The maximum Gasteiger partial charge on any atom is 0.132 e. The van der Waals surface area contributed by atoms with Crippen molar-refractivity contribution in [1.82, 2.24) is 0 Å². The summed E-state index contributed by atoms with van der Waals surface area (Å²) in [4.78, 5) is 0. The van der Waals surface area contributed by atoms with Gasteiger partial charge in [-0.2, -0.15) is 0 Å².